The van der Waals surface area contributed by atoms with Crippen LogP contribution in [0.15, 0.2) is 0 Å². The van der Waals surface area contributed by atoms with E-state index in [4.69, 9.17) is 24.4 Å². The van der Waals surface area contributed by atoms with Crippen LogP contribution in [0.5, 0.6) is 0 Å². The zero-order valence-electron chi connectivity index (χ0n) is 12.3. The first-order chi connectivity index (χ1) is 8.81. The van der Waals surface area contributed by atoms with Crippen LogP contribution in [-0.4, -0.2) is 117 Å². The first-order valence-corrected chi connectivity index (χ1v) is 6.77. The Balaban J connectivity index is -0.000000201. The Morgan fingerprint density at radius 1 is 1.23 bits per heavy atom. The van der Waals surface area contributed by atoms with Crippen molar-refractivity contribution in [3.63, 3.8) is 0 Å². The first kappa shape index (κ1) is 31.3. The Morgan fingerprint density at radius 2 is 1.59 bits per heavy atom. The van der Waals surface area contributed by atoms with Gasteiger partial charge < -0.3 is 44.7 Å². The summed E-state index contributed by atoms with van der Waals surface area (Å²) in [6.07, 6.45) is -1.68. The van der Waals surface area contributed by atoms with Crippen molar-refractivity contribution >= 4 is 95.2 Å². The number of aliphatic hydroxyl groups excluding tert-OH is 2. The number of amides is 1. The summed E-state index contributed by atoms with van der Waals surface area (Å²) < 4.78 is 8.55. The second-order valence-corrected chi connectivity index (χ2v) is 5.30. The average molecular weight is 393 g/mol. The summed E-state index contributed by atoms with van der Waals surface area (Å²) in [5, 5.41) is 30.6. The van der Waals surface area contributed by atoms with Gasteiger partial charge in [-0.15, -0.1) is 0 Å². The van der Waals surface area contributed by atoms with E-state index < -0.39 is 31.2 Å². The molecule has 13 heteroatoms. The number of rotatable bonds is 6. The van der Waals surface area contributed by atoms with Crippen LogP contribution in [0.1, 0.15) is 20.3 Å². The third kappa shape index (κ3) is 21.5. The molecule has 120 valence electrons. The number of carbonyl (C=O) groups excluding carboxylic acids is 2. The molecule has 22 heavy (non-hydrogen) atoms. The maximum Gasteiger partial charge on any atom is 2.00 e. The SMILES string of the molecule is CC(C)(CO)[C@@H](O)C(=O)NCCC(=O)[O-].O=P([O-])([O-])[O-].[Ca+2].[Ca+2]. The molecule has 0 fully saturated rings. The van der Waals surface area contributed by atoms with Crippen molar-refractivity contribution in [3.05, 3.63) is 0 Å². The van der Waals surface area contributed by atoms with Gasteiger partial charge in [0.2, 0.25) is 5.91 Å². The molecule has 0 heterocycles. The Morgan fingerprint density at radius 3 is 1.86 bits per heavy atom. The number of carboxylic acid groups (broad SMARTS) is 1. The van der Waals surface area contributed by atoms with Crippen molar-refractivity contribution < 1.29 is 44.2 Å². The van der Waals surface area contributed by atoms with E-state index in [1.807, 2.05) is 0 Å². The molecule has 0 aromatic heterocycles. The predicted octanol–water partition coefficient (Wildman–Crippen LogP) is -5.96. The van der Waals surface area contributed by atoms with E-state index in [2.05, 4.69) is 5.32 Å². The standard InChI is InChI=1S/C9H17NO5.2Ca.H3O4P/c1-9(2,5-11)7(14)8(15)10-4-3-6(12)13;;;1-5(2,3)4/h7,11,14H,3-5H2,1-2H3,(H,10,15)(H,12,13);;;(H3,1,2,3,4)/q;2*+2;/p-4/t7-;;;/m0.../s1. The molecular formula is C9H16Ca2NO9P. The summed E-state index contributed by atoms with van der Waals surface area (Å²) in [4.78, 5) is 46.9. The van der Waals surface area contributed by atoms with Crippen molar-refractivity contribution in [1.29, 1.82) is 0 Å². The summed E-state index contributed by atoms with van der Waals surface area (Å²) >= 11 is 0. The number of hydrogen-bond donors (Lipinski definition) is 3. The number of hydrogen-bond acceptors (Lipinski definition) is 9. The second kappa shape index (κ2) is 14.8. The van der Waals surface area contributed by atoms with Crippen LogP contribution in [0.3, 0.4) is 0 Å². The van der Waals surface area contributed by atoms with Gasteiger partial charge in [-0.3, -0.25) is 4.79 Å². The molecule has 0 spiro atoms. The van der Waals surface area contributed by atoms with E-state index in [1.54, 1.807) is 0 Å². The average Bonchev–Trinajstić information content (AvgIpc) is 2.25. The van der Waals surface area contributed by atoms with Gasteiger partial charge >= 0.3 is 75.5 Å². The summed E-state index contributed by atoms with van der Waals surface area (Å²) in [5.41, 5.74) is -0.953. The van der Waals surface area contributed by atoms with Gasteiger partial charge in [0.15, 0.2) is 0 Å². The van der Waals surface area contributed by atoms with Gasteiger partial charge in [0.05, 0.1) is 6.61 Å². The molecule has 0 rings (SSSR count). The second-order valence-electron chi connectivity index (χ2n) is 4.41. The zero-order chi connectivity index (χ0) is 16.6. The largest absolute Gasteiger partial charge is 2.00 e. The predicted molar refractivity (Wildman–Crippen MR) is 68.6 cm³/mol. The number of carbonyl (C=O) groups is 2. The summed E-state index contributed by atoms with van der Waals surface area (Å²) in [6, 6.07) is 0. The molecular weight excluding hydrogens is 377 g/mol. The minimum Gasteiger partial charge on any atom is -0.822 e. The molecule has 0 aliphatic heterocycles. The van der Waals surface area contributed by atoms with Crippen molar-refractivity contribution in [1.82, 2.24) is 5.32 Å². The van der Waals surface area contributed by atoms with Gasteiger partial charge in [-0.1, -0.05) is 13.8 Å². The number of aliphatic carboxylic acids is 1. The molecule has 1 atom stereocenters. The minimum absolute atomic E-state index is 0. The summed E-state index contributed by atoms with van der Waals surface area (Å²) in [7, 11) is -5.39. The molecule has 0 saturated carbocycles. The topological polar surface area (TPSA) is 196 Å². The van der Waals surface area contributed by atoms with E-state index in [0.717, 1.165) is 0 Å². The number of phosphoric acid groups is 1. The Bertz CT molecular complexity index is 366. The third-order valence-electron chi connectivity index (χ3n) is 2.02. The van der Waals surface area contributed by atoms with Crippen LogP contribution >= 0.6 is 7.82 Å². The van der Waals surface area contributed by atoms with Gasteiger partial charge in [-0.05, 0) is 0 Å². The summed E-state index contributed by atoms with van der Waals surface area (Å²) in [5.74, 6) is -1.97. The van der Waals surface area contributed by atoms with Gasteiger partial charge in [-0.25, -0.2) is 0 Å². The van der Waals surface area contributed by atoms with Gasteiger partial charge in [0.25, 0.3) is 0 Å². The quantitative estimate of drug-likeness (QED) is 0.290. The van der Waals surface area contributed by atoms with Crippen LogP contribution in [0.25, 0.3) is 0 Å². The summed E-state index contributed by atoms with van der Waals surface area (Å²) in [6.45, 7) is 2.60. The van der Waals surface area contributed by atoms with Crippen LogP contribution in [0.4, 0.5) is 0 Å². The Labute approximate surface area is 187 Å². The molecule has 0 bridgehead atoms. The molecule has 0 radical (unpaired) electrons. The van der Waals surface area contributed by atoms with Crippen molar-refractivity contribution in [2.24, 2.45) is 5.41 Å². The Kier molecular flexibility index (Phi) is 21.0. The van der Waals surface area contributed by atoms with Gasteiger partial charge in [-0.2, -0.15) is 7.82 Å². The van der Waals surface area contributed by atoms with E-state index in [-0.39, 0.29) is 95.0 Å². The van der Waals surface area contributed by atoms with Crippen molar-refractivity contribution in [3.8, 4) is 0 Å². The molecule has 10 nitrogen and oxygen atoms in total. The maximum absolute atomic E-state index is 11.2. The number of nitrogens with one attached hydrogen (secondary N) is 1. The van der Waals surface area contributed by atoms with Gasteiger partial charge in [0, 0.05) is 24.3 Å². The molecule has 3 N–H and O–H groups in total. The minimum atomic E-state index is -5.39. The first-order valence-electron chi connectivity index (χ1n) is 5.31. The van der Waals surface area contributed by atoms with E-state index in [0.29, 0.717) is 0 Å². The number of carboxylic acids is 1. The fraction of sp³-hybridized carbons (Fsp3) is 0.778. The Hall–Kier alpha value is 1.49. The fourth-order valence-electron chi connectivity index (χ4n) is 0.826. The molecule has 0 aliphatic rings. The molecule has 0 unspecified atom stereocenters. The fourth-order valence-corrected chi connectivity index (χ4v) is 0.826. The molecule has 0 aromatic carbocycles. The van der Waals surface area contributed by atoms with Crippen molar-refractivity contribution in [2.45, 2.75) is 26.4 Å². The zero-order valence-corrected chi connectivity index (χ0v) is 17.6. The van der Waals surface area contributed by atoms with Crippen molar-refractivity contribution in [2.75, 3.05) is 13.2 Å². The third-order valence-corrected chi connectivity index (χ3v) is 2.02. The smallest absolute Gasteiger partial charge is 0.822 e. The van der Waals surface area contributed by atoms with Crippen LogP contribution < -0.4 is 25.1 Å². The maximum atomic E-state index is 11.2. The van der Waals surface area contributed by atoms with Gasteiger partial charge in [0.1, 0.15) is 6.10 Å². The van der Waals surface area contributed by atoms with Crippen LogP contribution in [0.2, 0.25) is 0 Å². The van der Waals surface area contributed by atoms with Crippen LogP contribution in [-0.2, 0) is 14.2 Å². The van der Waals surface area contributed by atoms with E-state index >= 15 is 0 Å². The monoisotopic (exact) mass is 393 g/mol. The molecule has 0 aromatic rings. The normalized spacial score (nSPS) is 11.8. The molecule has 1 amide bonds. The molecule has 0 saturated heterocycles. The number of aliphatic hydroxyl groups is 2. The molecule has 0 aliphatic carbocycles. The van der Waals surface area contributed by atoms with E-state index in [1.165, 1.54) is 13.8 Å². The van der Waals surface area contributed by atoms with E-state index in [9.17, 15) is 19.8 Å². The van der Waals surface area contributed by atoms with Crippen LogP contribution in [0, 0.1) is 5.41 Å².